The molecule has 11 heavy (non-hydrogen) atoms. The predicted molar refractivity (Wildman–Crippen MR) is 36.6 cm³/mol. The van der Waals surface area contributed by atoms with Crippen LogP contribution in [0.5, 0.6) is 0 Å². The van der Waals surface area contributed by atoms with E-state index in [1.54, 1.807) is 0 Å². The van der Waals surface area contributed by atoms with Crippen LogP contribution in [0.1, 0.15) is 6.42 Å². The van der Waals surface area contributed by atoms with Gasteiger partial charge in [0.05, 0.1) is 0 Å². The molecule has 0 aromatic carbocycles. The smallest absolute Gasteiger partial charge is 0.333 e. The minimum Gasteiger partial charge on any atom is -0.479 e. The average Bonchev–Trinajstić information content (AvgIpc) is 1.98. The molecule has 3 N–H and O–H groups in total. The molecule has 0 spiro atoms. The number of aliphatic hydroxyl groups is 1. The maximum Gasteiger partial charge on any atom is 0.333 e. The van der Waals surface area contributed by atoms with Crippen molar-refractivity contribution in [3.8, 4) is 0 Å². The fraction of sp³-hybridized carbons (Fsp3) is 0.500. The third-order valence-electron chi connectivity index (χ3n) is 1.24. The van der Waals surface area contributed by atoms with Gasteiger partial charge in [-0.3, -0.25) is 0 Å². The van der Waals surface area contributed by atoms with Crippen molar-refractivity contribution in [3.63, 3.8) is 0 Å². The molecule has 0 bridgehead atoms. The molecule has 5 heteroatoms. The number of hydrogen-bond acceptors (Lipinski definition) is 4. The second kappa shape index (κ2) is 4.56. The standard InChI is InChI=1S/C6H9NO4/c7-3-4(1-2-8)5(9)6(10)11/h2-5,7,9H,1H2,(H,10,11). The predicted octanol–water partition coefficient (Wildman–Crippen LogP) is -0.713. The Morgan fingerprint density at radius 1 is 1.64 bits per heavy atom. The summed E-state index contributed by atoms with van der Waals surface area (Å²) < 4.78 is 0. The van der Waals surface area contributed by atoms with E-state index in [9.17, 15) is 9.59 Å². The zero-order valence-electron chi connectivity index (χ0n) is 5.73. The molecule has 0 aromatic rings. The number of carbonyl (C=O) groups is 2. The summed E-state index contributed by atoms with van der Waals surface area (Å²) in [4.78, 5) is 20.0. The first kappa shape index (κ1) is 9.77. The lowest BCUT2D eigenvalue weighted by Crippen LogP contribution is -2.30. The van der Waals surface area contributed by atoms with Gasteiger partial charge < -0.3 is 20.4 Å². The summed E-state index contributed by atoms with van der Waals surface area (Å²) in [6.07, 6.45) is -0.566. The van der Waals surface area contributed by atoms with Crippen LogP contribution in [0.25, 0.3) is 0 Å². The van der Waals surface area contributed by atoms with Gasteiger partial charge in [-0.1, -0.05) is 0 Å². The molecule has 0 aromatic heterocycles. The summed E-state index contributed by atoms with van der Waals surface area (Å²) in [5.41, 5.74) is 0. The molecule has 0 saturated carbocycles. The topological polar surface area (TPSA) is 98.5 Å². The van der Waals surface area contributed by atoms with Crippen molar-refractivity contribution in [1.82, 2.24) is 0 Å². The van der Waals surface area contributed by atoms with E-state index in [0.717, 1.165) is 6.21 Å². The van der Waals surface area contributed by atoms with Crippen molar-refractivity contribution in [2.45, 2.75) is 12.5 Å². The molecule has 0 saturated heterocycles. The third kappa shape index (κ3) is 2.90. The number of aliphatic carboxylic acids is 1. The van der Waals surface area contributed by atoms with Crippen molar-refractivity contribution in [2.75, 3.05) is 0 Å². The maximum absolute atomic E-state index is 10.1. The van der Waals surface area contributed by atoms with Gasteiger partial charge in [0.2, 0.25) is 0 Å². The second-order valence-corrected chi connectivity index (χ2v) is 2.02. The molecule has 2 atom stereocenters. The summed E-state index contributed by atoms with van der Waals surface area (Å²) in [6.45, 7) is 0. The molecular weight excluding hydrogens is 150 g/mol. The van der Waals surface area contributed by atoms with Crippen LogP contribution < -0.4 is 0 Å². The van der Waals surface area contributed by atoms with Crippen LogP contribution in [0.4, 0.5) is 0 Å². The number of carbonyl (C=O) groups excluding carboxylic acids is 1. The van der Waals surface area contributed by atoms with Crippen LogP contribution in [-0.4, -0.2) is 34.8 Å². The normalized spacial score (nSPS) is 15.0. The van der Waals surface area contributed by atoms with E-state index in [-0.39, 0.29) is 6.42 Å². The molecule has 0 radical (unpaired) electrons. The monoisotopic (exact) mass is 159 g/mol. The minimum atomic E-state index is -1.65. The van der Waals surface area contributed by atoms with E-state index in [1.165, 1.54) is 0 Å². The van der Waals surface area contributed by atoms with Crippen LogP contribution >= 0.6 is 0 Å². The summed E-state index contributed by atoms with van der Waals surface area (Å²) in [7, 11) is 0. The number of aliphatic hydroxyl groups excluding tert-OH is 1. The van der Waals surface area contributed by atoms with Crippen molar-refractivity contribution in [1.29, 1.82) is 5.41 Å². The number of hydrogen-bond donors (Lipinski definition) is 3. The fourth-order valence-electron chi connectivity index (χ4n) is 0.582. The highest BCUT2D eigenvalue weighted by Crippen LogP contribution is 2.04. The van der Waals surface area contributed by atoms with Gasteiger partial charge in [-0.15, -0.1) is 0 Å². The first-order valence-electron chi connectivity index (χ1n) is 2.98. The van der Waals surface area contributed by atoms with Crippen LogP contribution in [-0.2, 0) is 9.59 Å². The van der Waals surface area contributed by atoms with Gasteiger partial charge in [-0.2, -0.15) is 0 Å². The summed E-state index contributed by atoms with van der Waals surface area (Å²) in [5, 5.41) is 23.7. The first-order chi connectivity index (χ1) is 5.13. The highest BCUT2D eigenvalue weighted by Gasteiger charge is 2.22. The van der Waals surface area contributed by atoms with Gasteiger partial charge in [0.15, 0.2) is 6.10 Å². The highest BCUT2D eigenvalue weighted by molar-refractivity contribution is 5.79. The molecule has 62 valence electrons. The van der Waals surface area contributed by atoms with E-state index >= 15 is 0 Å². The van der Waals surface area contributed by atoms with Gasteiger partial charge >= 0.3 is 5.97 Å². The molecule has 0 fully saturated rings. The Kier molecular flexibility index (Phi) is 4.05. The Hall–Kier alpha value is -1.23. The number of carboxylic acid groups (broad SMARTS) is 1. The van der Waals surface area contributed by atoms with Crippen molar-refractivity contribution in [3.05, 3.63) is 0 Å². The lowest BCUT2D eigenvalue weighted by Gasteiger charge is -2.10. The largest absolute Gasteiger partial charge is 0.479 e. The van der Waals surface area contributed by atoms with Gasteiger partial charge in [0.25, 0.3) is 0 Å². The van der Waals surface area contributed by atoms with Gasteiger partial charge in [-0.25, -0.2) is 4.79 Å². The maximum atomic E-state index is 10.1. The highest BCUT2D eigenvalue weighted by atomic mass is 16.4. The van der Waals surface area contributed by atoms with Crippen LogP contribution in [0, 0.1) is 11.3 Å². The van der Waals surface area contributed by atoms with Gasteiger partial charge in [0.1, 0.15) is 6.29 Å². The van der Waals surface area contributed by atoms with E-state index in [4.69, 9.17) is 15.6 Å². The van der Waals surface area contributed by atoms with Crippen LogP contribution in [0.3, 0.4) is 0 Å². The van der Waals surface area contributed by atoms with E-state index in [1.807, 2.05) is 0 Å². The Labute approximate surface area is 63.2 Å². The molecule has 0 rings (SSSR count). The van der Waals surface area contributed by atoms with E-state index in [2.05, 4.69) is 0 Å². The Morgan fingerprint density at radius 3 is 2.45 bits per heavy atom. The molecule has 5 nitrogen and oxygen atoms in total. The average molecular weight is 159 g/mol. The SMILES string of the molecule is N=CC(CC=O)C(O)C(=O)O. The Bertz CT molecular complexity index is 168. The fourth-order valence-corrected chi connectivity index (χ4v) is 0.582. The zero-order chi connectivity index (χ0) is 8.85. The van der Waals surface area contributed by atoms with E-state index in [0.29, 0.717) is 6.29 Å². The molecule has 0 aliphatic rings. The van der Waals surface area contributed by atoms with Crippen molar-refractivity contribution < 1.29 is 19.8 Å². The van der Waals surface area contributed by atoms with Crippen LogP contribution in [0.15, 0.2) is 0 Å². The Balaban J connectivity index is 4.11. The number of rotatable bonds is 5. The van der Waals surface area contributed by atoms with E-state index < -0.39 is 18.0 Å². The third-order valence-corrected chi connectivity index (χ3v) is 1.24. The van der Waals surface area contributed by atoms with Crippen molar-refractivity contribution >= 4 is 18.5 Å². The molecule has 0 aliphatic carbocycles. The lowest BCUT2D eigenvalue weighted by molar-refractivity contribution is -0.148. The zero-order valence-corrected chi connectivity index (χ0v) is 5.73. The lowest BCUT2D eigenvalue weighted by atomic mass is 10.0. The number of nitrogens with one attached hydrogen (secondary N) is 1. The second-order valence-electron chi connectivity index (χ2n) is 2.02. The summed E-state index contributed by atoms with van der Waals surface area (Å²) in [5.74, 6) is -2.33. The minimum absolute atomic E-state index is 0.142. The Morgan fingerprint density at radius 2 is 2.18 bits per heavy atom. The first-order valence-corrected chi connectivity index (χ1v) is 2.98. The molecule has 0 heterocycles. The molecule has 2 unspecified atom stereocenters. The molecule has 0 amide bonds. The van der Waals surface area contributed by atoms with Crippen LogP contribution in [0.2, 0.25) is 0 Å². The van der Waals surface area contributed by atoms with Gasteiger partial charge in [0, 0.05) is 18.6 Å². The summed E-state index contributed by atoms with van der Waals surface area (Å²) >= 11 is 0. The quantitative estimate of drug-likeness (QED) is 0.364. The number of carboxylic acids is 1. The summed E-state index contributed by atoms with van der Waals surface area (Å²) in [6, 6.07) is 0. The van der Waals surface area contributed by atoms with Gasteiger partial charge in [-0.05, 0) is 0 Å². The molecular formula is C6H9NO4. The molecule has 0 aliphatic heterocycles. The van der Waals surface area contributed by atoms with Crippen molar-refractivity contribution in [2.24, 2.45) is 5.92 Å². The number of aldehydes is 1.